The lowest BCUT2D eigenvalue weighted by Gasteiger charge is -2.23. The molecule has 0 saturated heterocycles. The van der Waals surface area contributed by atoms with Crippen molar-refractivity contribution in [2.45, 2.75) is 77.2 Å². The van der Waals surface area contributed by atoms with Gasteiger partial charge in [-0.2, -0.15) is 0 Å². The number of unbranched alkanes of at least 4 members (excludes halogenated alkanes) is 8. The zero-order valence-electron chi connectivity index (χ0n) is 17.9. The summed E-state index contributed by atoms with van der Waals surface area (Å²) in [6.45, 7) is -0.126. The molecule has 0 aromatic carbocycles. The maximum absolute atomic E-state index is 10.2. The molecule has 0 aromatic heterocycles. The fourth-order valence-electron chi connectivity index (χ4n) is 1.94. The first-order valence-corrected chi connectivity index (χ1v) is 10.4. The Balaban J connectivity index is -0.000000386. The number of aliphatic hydroxyl groups is 7. The smallest absolute Gasteiger partial charge is 0.303 e. The minimum Gasteiger partial charge on any atom is -0.481 e. The van der Waals surface area contributed by atoms with Gasteiger partial charge in [0.05, 0.1) is 45.1 Å². The number of carboxylic acid groups (broad SMARTS) is 1. The molecule has 0 bridgehead atoms. The van der Waals surface area contributed by atoms with Gasteiger partial charge in [0.2, 0.25) is 0 Å². The van der Waals surface area contributed by atoms with E-state index in [4.69, 9.17) is 40.9 Å². The first kappa shape index (κ1) is 32.8. The van der Waals surface area contributed by atoms with Crippen LogP contribution < -0.4 is 0 Å². The third kappa shape index (κ3) is 25.2. The SMILES string of the molecule is CCCCCCCCCCCC(=O)O.OCC(CO)(CO)CO.OCC(O)CO. The van der Waals surface area contributed by atoms with Crippen LogP contribution in [0.1, 0.15) is 71.1 Å². The summed E-state index contributed by atoms with van der Waals surface area (Å²) >= 11 is 0. The molecule has 0 radical (unpaired) electrons. The van der Waals surface area contributed by atoms with Gasteiger partial charge in [-0.25, -0.2) is 0 Å². The number of hydrogen-bond donors (Lipinski definition) is 8. The Morgan fingerprint density at radius 1 is 0.690 bits per heavy atom. The molecule has 29 heavy (non-hydrogen) atoms. The predicted octanol–water partition coefficient (Wildman–Crippen LogP) is 0.266. The molecule has 0 rings (SSSR count). The third-order valence-corrected chi connectivity index (χ3v) is 4.26. The second-order valence-electron chi connectivity index (χ2n) is 7.12. The van der Waals surface area contributed by atoms with Gasteiger partial charge in [-0.15, -0.1) is 0 Å². The predicted molar refractivity (Wildman–Crippen MR) is 110 cm³/mol. The van der Waals surface area contributed by atoms with Gasteiger partial charge < -0.3 is 40.9 Å². The Morgan fingerprint density at radius 3 is 1.24 bits per heavy atom. The number of aliphatic hydroxyl groups excluding tert-OH is 7. The van der Waals surface area contributed by atoms with Crippen LogP contribution in [0, 0.1) is 5.41 Å². The lowest BCUT2D eigenvalue weighted by atomic mass is 9.93. The van der Waals surface area contributed by atoms with Crippen molar-refractivity contribution in [3.05, 3.63) is 0 Å². The molecule has 8 N–H and O–H groups in total. The largest absolute Gasteiger partial charge is 0.481 e. The fourth-order valence-corrected chi connectivity index (χ4v) is 1.94. The number of carbonyl (C=O) groups is 1. The summed E-state index contributed by atoms with van der Waals surface area (Å²) in [6, 6.07) is 0. The van der Waals surface area contributed by atoms with Crippen molar-refractivity contribution in [2.24, 2.45) is 5.41 Å². The second kappa shape index (κ2) is 25.2. The normalized spacial score (nSPS) is 10.8. The van der Waals surface area contributed by atoms with Gasteiger partial charge in [-0.1, -0.05) is 58.3 Å². The van der Waals surface area contributed by atoms with Crippen LogP contribution in [0.25, 0.3) is 0 Å². The lowest BCUT2D eigenvalue weighted by molar-refractivity contribution is -0.137. The summed E-state index contributed by atoms with van der Waals surface area (Å²) in [6.07, 6.45) is 10.5. The average Bonchev–Trinajstić information content (AvgIpc) is 2.74. The van der Waals surface area contributed by atoms with E-state index in [0.717, 1.165) is 12.8 Å². The van der Waals surface area contributed by atoms with Crippen molar-refractivity contribution in [3.8, 4) is 0 Å². The molecule has 0 atom stereocenters. The molecule has 0 aliphatic heterocycles. The van der Waals surface area contributed by atoms with Crippen LogP contribution in [-0.4, -0.2) is 92.6 Å². The highest BCUT2D eigenvalue weighted by molar-refractivity contribution is 5.66. The van der Waals surface area contributed by atoms with Crippen LogP contribution >= 0.6 is 0 Å². The van der Waals surface area contributed by atoms with E-state index in [1.54, 1.807) is 0 Å². The molecule has 0 fully saturated rings. The first-order chi connectivity index (χ1) is 13.8. The molecule has 0 amide bonds. The second-order valence-corrected chi connectivity index (χ2v) is 7.12. The van der Waals surface area contributed by atoms with Gasteiger partial charge in [0.25, 0.3) is 0 Å². The molecule has 9 heteroatoms. The maximum atomic E-state index is 10.2. The van der Waals surface area contributed by atoms with Crippen molar-refractivity contribution < 1.29 is 45.6 Å². The van der Waals surface area contributed by atoms with Crippen LogP contribution in [0.15, 0.2) is 0 Å². The van der Waals surface area contributed by atoms with E-state index in [2.05, 4.69) is 6.92 Å². The molecule has 0 aliphatic rings. The molecule has 0 heterocycles. The quantitative estimate of drug-likeness (QED) is 0.160. The molecule has 0 spiro atoms. The highest BCUT2D eigenvalue weighted by atomic mass is 16.4. The lowest BCUT2D eigenvalue weighted by Crippen LogP contribution is -2.37. The summed E-state index contributed by atoms with van der Waals surface area (Å²) in [5.74, 6) is -0.659. The van der Waals surface area contributed by atoms with Crippen molar-refractivity contribution in [1.29, 1.82) is 0 Å². The number of hydrogen-bond acceptors (Lipinski definition) is 8. The molecule has 0 saturated carbocycles. The van der Waals surface area contributed by atoms with Crippen LogP contribution in [0.4, 0.5) is 0 Å². The van der Waals surface area contributed by atoms with E-state index < -0.39 is 43.9 Å². The van der Waals surface area contributed by atoms with Crippen molar-refractivity contribution in [3.63, 3.8) is 0 Å². The van der Waals surface area contributed by atoms with Gasteiger partial charge in [0.15, 0.2) is 0 Å². The summed E-state index contributed by atoms with van der Waals surface area (Å²) in [4.78, 5) is 10.2. The Labute approximate surface area is 174 Å². The van der Waals surface area contributed by atoms with E-state index in [9.17, 15) is 4.79 Å². The number of aliphatic carboxylic acids is 1. The average molecular weight is 429 g/mol. The van der Waals surface area contributed by atoms with Crippen LogP contribution in [0.3, 0.4) is 0 Å². The van der Waals surface area contributed by atoms with Gasteiger partial charge in [0.1, 0.15) is 6.10 Å². The minimum absolute atomic E-state index is 0.343. The Kier molecular flexibility index (Phi) is 28.6. The molecule has 178 valence electrons. The zero-order chi connectivity index (χ0) is 23.0. The zero-order valence-corrected chi connectivity index (χ0v) is 17.9. The summed E-state index contributed by atoms with van der Waals surface area (Å²) in [7, 11) is 0. The molecule has 0 aliphatic carbocycles. The van der Waals surface area contributed by atoms with Gasteiger partial charge in [0, 0.05) is 6.42 Å². The monoisotopic (exact) mass is 428 g/mol. The number of carboxylic acids is 1. The van der Waals surface area contributed by atoms with Crippen molar-refractivity contribution in [1.82, 2.24) is 0 Å². The van der Waals surface area contributed by atoms with Crippen LogP contribution in [0.2, 0.25) is 0 Å². The minimum atomic E-state index is -1.11. The molecular weight excluding hydrogens is 384 g/mol. The van der Waals surface area contributed by atoms with Crippen LogP contribution in [-0.2, 0) is 4.79 Å². The molecule has 9 nitrogen and oxygen atoms in total. The molecule has 0 unspecified atom stereocenters. The fraction of sp³-hybridized carbons (Fsp3) is 0.950. The van der Waals surface area contributed by atoms with E-state index in [0.29, 0.717) is 6.42 Å². The molecular formula is C20H44O9. The van der Waals surface area contributed by atoms with Crippen molar-refractivity contribution >= 4 is 5.97 Å². The highest BCUT2D eigenvalue weighted by Gasteiger charge is 2.26. The van der Waals surface area contributed by atoms with E-state index in [1.165, 1.54) is 44.9 Å². The summed E-state index contributed by atoms with van der Waals surface area (Å²) in [5, 5.41) is 66.4. The standard InChI is InChI=1S/C12H24O2.C5H12O4.C3H8O3/c1-2-3-4-5-6-7-8-9-10-11-12(13)14;6-1-5(2-7,3-8)4-9;4-1-3(6)2-5/h2-11H2,1H3,(H,13,14);6-9H,1-4H2;3-6H,1-2H2. The Morgan fingerprint density at radius 2 is 1.03 bits per heavy atom. The number of rotatable bonds is 16. The van der Waals surface area contributed by atoms with E-state index in [1.807, 2.05) is 0 Å². The first-order valence-electron chi connectivity index (χ1n) is 10.4. The van der Waals surface area contributed by atoms with Crippen molar-refractivity contribution in [2.75, 3.05) is 39.6 Å². The highest BCUT2D eigenvalue weighted by Crippen LogP contribution is 2.12. The molecule has 0 aromatic rings. The van der Waals surface area contributed by atoms with Gasteiger partial charge in [-0.05, 0) is 6.42 Å². The maximum Gasteiger partial charge on any atom is 0.303 e. The van der Waals surface area contributed by atoms with Gasteiger partial charge >= 0.3 is 5.97 Å². The van der Waals surface area contributed by atoms with E-state index >= 15 is 0 Å². The van der Waals surface area contributed by atoms with Gasteiger partial charge in [-0.3, -0.25) is 4.79 Å². The summed E-state index contributed by atoms with van der Waals surface area (Å²) < 4.78 is 0. The Hall–Kier alpha value is -0.810. The Bertz CT molecular complexity index is 302. The topological polar surface area (TPSA) is 179 Å². The van der Waals surface area contributed by atoms with Crippen LogP contribution in [0.5, 0.6) is 0 Å². The summed E-state index contributed by atoms with van der Waals surface area (Å²) in [5.41, 5.74) is -1.11. The third-order valence-electron chi connectivity index (χ3n) is 4.26. The van der Waals surface area contributed by atoms with E-state index in [-0.39, 0.29) is 13.2 Å².